The van der Waals surface area contributed by atoms with Crippen molar-refractivity contribution in [3.8, 4) is 6.07 Å². The average molecular weight is 159 g/mol. The van der Waals surface area contributed by atoms with E-state index in [1.807, 2.05) is 6.07 Å². The third-order valence-corrected chi connectivity index (χ3v) is 2.02. The van der Waals surface area contributed by atoms with Crippen LogP contribution in [0.15, 0.2) is 6.07 Å². The molecule has 9 heavy (non-hydrogen) atoms. The zero-order valence-electron chi connectivity index (χ0n) is 4.39. The Morgan fingerprint density at radius 3 is 2.67 bits per heavy atom. The summed E-state index contributed by atoms with van der Waals surface area (Å²) in [7, 11) is 0. The summed E-state index contributed by atoms with van der Waals surface area (Å²) in [6.07, 6.45) is 0. The van der Waals surface area contributed by atoms with Crippen molar-refractivity contribution in [1.82, 2.24) is 0 Å². The molecule has 1 heterocycles. The van der Waals surface area contributed by atoms with E-state index < -0.39 is 0 Å². The maximum atomic E-state index is 8.35. The molecular formula is C5H3ClN2S. The van der Waals surface area contributed by atoms with Crippen molar-refractivity contribution in [3.63, 3.8) is 0 Å². The summed E-state index contributed by atoms with van der Waals surface area (Å²) in [4.78, 5) is 0.486. The summed E-state index contributed by atoms with van der Waals surface area (Å²) in [5, 5.41) is 8.35. The fourth-order valence-corrected chi connectivity index (χ4v) is 1.41. The van der Waals surface area contributed by atoms with Crippen LogP contribution in [0.5, 0.6) is 0 Å². The van der Waals surface area contributed by atoms with Gasteiger partial charge < -0.3 is 5.73 Å². The van der Waals surface area contributed by atoms with E-state index in [9.17, 15) is 0 Å². The lowest BCUT2D eigenvalue weighted by atomic mass is 10.4. The van der Waals surface area contributed by atoms with Gasteiger partial charge in [0.15, 0.2) is 0 Å². The van der Waals surface area contributed by atoms with Gasteiger partial charge in [-0.05, 0) is 6.07 Å². The van der Waals surface area contributed by atoms with Crippen LogP contribution in [-0.4, -0.2) is 0 Å². The number of thiophene rings is 1. The summed E-state index contributed by atoms with van der Waals surface area (Å²) in [6.45, 7) is 0. The van der Waals surface area contributed by atoms with Gasteiger partial charge in [0, 0.05) is 0 Å². The van der Waals surface area contributed by atoms with Crippen LogP contribution in [0, 0.1) is 11.3 Å². The standard InChI is InChI=1S/C5H3ClN2S/c6-5-1-3(8)4(2-7)9-5/h1H,8H2. The first-order valence-electron chi connectivity index (χ1n) is 2.19. The molecule has 0 atom stereocenters. The molecule has 1 rings (SSSR count). The van der Waals surface area contributed by atoms with Gasteiger partial charge in [-0.25, -0.2) is 0 Å². The summed E-state index contributed by atoms with van der Waals surface area (Å²) < 4.78 is 0.559. The van der Waals surface area contributed by atoms with Gasteiger partial charge in [-0.2, -0.15) is 5.26 Å². The Kier molecular flexibility index (Phi) is 1.60. The minimum absolute atomic E-state index is 0.465. The van der Waals surface area contributed by atoms with Crippen molar-refractivity contribution in [2.75, 3.05) is 5.73 Å². The molecule has 2 N–H and O–H groups in total. The Hall–Kier alpha value is -0.720. The lowest BCUT2D eigenvalue weighted by Gasteiger charge is -1.77. The predicted molar refractivity (Wildman–Crippen MR) is 38.5 cm³/mol. The van der Waals surface area contributed by atoms with Gasteiger partial charge in [-0.15, -0.1) is 11.3 Å². The molecule has 0 unspecified atom stereocenters. The van der Waals surface area contributed by atoms with E-state index in [0.29, 0.717) is 14.9 Å². The van der Waals surface area contributed by atoms with E-state index in [0.717, 1.165) is 0 Å². The highest BCUT2D eigenvalue weighted by molar-refractivity contribution is 7.17. The first-order chi connectivity index (χ1) is 4.24. The molecule has 0 saturated heterocycles. The van der Waals surface area contributed by atoms with Gasteiger partial charge in [0.2, 0.25) is 0 Å². The molecule has 0 aromatic carbocycles. The second-order valence-corrected chi connectivity index (χ2v) is 3.13. The molecule has 0 aliphatic carbocycles. The quantitative estimate of drug-likeness (QED) is 0.627. The van der Waals surface area contributed by atoms with Crippen molar-refractivity contribution in [2.45, 2.75) is 0 Å². The zero-order chi connectivity index (χ0) is 6.85. The summed E-state index contributed by atoms with van der Waals surface area (Å²) in [5.74, 6) is 0. The van der Waals surface area contributed by atoms with Crippen LogP contribution in [0.25, 0.3) is 0 Å². The van der Waals surface area contributed by atoms with Crippen molar-refractivity contribution in [3.05, 3.63) is 15.3 Å². The molecule has 0 aliphatic rings. The number of nitrogens with two attached hydrogens (primary N) is 1. The fraction of sp³-hybridized carbons (Fsp3) is 0. The SMILES string of the molecule is N#Cc1sc(Cl)cc1N. The maximum absolute atomic E-state index is 8.35. The fourth-order valence-electron chi connectivity index (χ4n) is 0.461. The Morgan fingerprint density at radius 2 is 2.44 bits per heavy atom. The molecule has 0 spiro atoms. The number of hydrogen-bond donors (Lipinski definition) is 1. The zero-order valence-corrected chi connectivity index (χ0v) is 5.96. The number of anilines is 1. The van der Waals surface area contributed by atoms with Gasteiger partial charge in [0.1, 0.15) is 10.9 Å². The van der Waals surface area contributed by atoms with Crippen LogP contribution in [0.1, 0.15) is 4.88 Å². The van der Waals surface area contributed by atoms with Crippen LogP contribution in [0.2, 0.25) is 4.34 Å². The number of nitriles is 1. The first-order valence-corrected chi connectivity index (χ1v) is 3.38. The second-order valence-electron chi connectivity index (χ2n) is 1.45. The van der Waals surface area contributed by atoms with Crippen LogP contribution >= 0.6 is 22.9 Å². The Morgan fingerprint density at radius 1 is 1.78 bits per heavy atom. The minimum Gasteiger partial charge on any atom is -0.397 e. The van der Waals surface area contributed by atoms with Crippen molar-refractivity contribution in [1.29, 1.82) is 5.26 Å². The third-order valence-electron chi connectivity index (χ3n) is 0.832. The second kappa shape index (κ2) is 2.26. The highest BCUT2D eigenvalue weighted by Gasteiger charge is 2.01. The molecule has 0 fully saturated rings. The maximum Gasteiger partial charge on any atom is 0.129 e. The van der Waals surface area contributed by atoms with E-state index >= 15 is 0 Å². The van der Waals surface area contributed by atoms with Crippen LogP contribution in [0.4, 0.5) is 5.69 Å². The molecule has 1 aromatic heterocycles. The van der Waals surface area contributed by atoms with Crippen molar-refractivity contribution < 1.29 is 0 Å². The molecule has 1 aromatic rings. The Balaban J connectivity index is 3.20. The molecule has 0 radical (unpaired) electrons. The number of nitrogens with zero attached hydrogens (tertiary/aromatic N) is 1. The highest BCUT2D eigenvalue weighted by Crippen LogP contribution is 2.27. The van der Waals surface area contributed by atoms with Gasteiger partial charge >= 0.3 is 0 Å². The number of halogens is 1. The molecular weight excluding hydrogens is 156 g/mol. The number of hydrogen-bond acceptors (Lipinski definition) is 3. The lowest BCUT2D eigenvalue weighted by Crippen LogP contribution is -1.81. The summed E-state index contributed by atoms with van der Waals surface area (Å²) in [6, 6.07) is 3.50. The van der Waals surface area contributed by atoms with E-state index in [4.69, 9.17) is 22.6 Å². The van der Waals surface area contributed by atoms with Gasteiger partial charge in [0.05, 0.1) is 10.0 Å². The van der Waals surface area contributed by atoms with E-state index in [2.05, 4.69) is 0 Å². The topological polar surface area (TPSA) is 49.8 Å². The van der Waals surface area contributed by atoms with Crippen molar-refractivity contribution >= 4 is 28.6 Å². The van der Waals surface area contributed by atoms with Gasteiger partial charge in [-0.1, -0.05) is 11.6 Å². The van der Waals surface area contributed by atoms with E-state index in [1.165, 1.54) is 11.3 Å². The van der Waals surface area contributed by atoms with E-state index in [-0.39, 0.29) is 0 Å². The lowest BCUT2D eigenvalue weighted by molar-refractivity contribution is 1.52. The molecule has 46 valence electrons. The largest absolute Gasteiger partial charge is 0.397 e. The van der Waals surface area contributed by atoms with Gasteiger partial charge in [-0.3, -0.25) is 0 Å². The molecule has 0 amide bonds. The van der Waals surface area contributed by atoms with E-state index in [1.54, 1.807) is 6.07 Å². The van der Waals surface area contributed by atoms with Crippen LogP contribution in [-0.2, 0) is 0 Å². The minimum atomic E-state index is 0.465. The molecule has 2 nitrogen and oxygen atoms in total. The number of nitrogen functional groups attached to an aromatic ring is 1. The molecule has 0 bridgehead atoms. The Bertz CT molecular complexity index is 260. The number of rotatable bonds is 0. The first kappa shape index (κ1) is 6.40. The molecule has 0 saturated carbocycles. The van der Waals surface area contributed by atoms with Gasteiger partial charge in [0.25, 0.3) is 0 Å². The molecule has 0 aliphatic heterocycles. The van der Waals surface area contributed by atoms with Crippen molar-refractivity contribution in [2.24, 2.45) is 0 Å². The highest BCUT2D eigenvalue weighted by atomic mass is 35.5. The monoisotopic (exact) mass is 158 g/mol. The van der Waals surface area contributed by atoms with Crippen LogP contribution < -0.4 is 5.73 Å². The molecule has 4 heteroatoms. The van der Waals surface area contributed by atoms with Crippen LogP contribution in [0.3, 0.4) is 0 Å². The summed E-state index contributed by atoms with van der Waals surface area (Å²) in [5.41, 5.74) is 5.82. The normalized spacial score (nSPS) is 8.89. The third kappa shape index (κ3) is 1.15. The Labute approximate surface area is 61.5 Å². The predicted octanol–water partition coefficient (Wildman–Crippen LogP) is 1.86. The smallest absolute Gasteiger partial charge is 0.129 e. The average Bonchev–Trinajstić information content (AvgIpc) is 2.10. The summed E-state index contributed by atoms with van der Waals surface area (Å²) >= 11 is 6.73.